The van der Waals surface area contributed by atoms with Gasteiger partial charge in [0.1, 0.15) is 17.6 Å². The fourth-order valence-electron chi connectivity index (χ4n) is 3.87. The van der Waals surface area contributed by atoms with E-state index >= 15 is 0 Å². The van der Waals surface area contributed by atoms with E-state index in [1.807, 2.05) is 53.1 Å². The lowest BCUT2D eigenvalue weighted by molar-refractivity contribution is 0.304. The Balaban J connectivity index is 1.16. The molecule has 5 aromatic heterocycles. The Bertz CT molecular complexity index is 1330. The Labute approximate surface area is 203 Å². The predicted octanol–water partition coefficient (Wildman–Crippen LogP) is 4.57. The molecule has 0 saturated heterocycles. The molecule has 0 saturated carbocycles. The number of hydrogen-bond acceptors (Lipinski definition) is 8. The van der Waals surface area contributed by atoms with Crippen molar-refractivity contribution < 1.29 is 4.74 Å². The van der Waals surface area contributed by atoms with Crippen LogP contribution < -0.4 is 10.5 Å². The van der Waals surface area contributed by atoms with E-state index in [1.54, 1.807) is 18.7 Å². The van der Waals surface area contributed by atoms with Gasteiger partial charge in [-0.3, -0.25) is 9.97 Å². The number of nitrogens with two attached hydrogens (primary N) is 1. The van der Waals surface area contributed by atoms with Gasteiger partial charge in [-0.2, -0.15) is 0 Å². The zero-order chi connectivity index (χ0) is 23.9. The van der Waals surface area contributed by atoms with Crippen LogP contribution in [0.5, 0.6) is 5.75 Å². The Morgan fingerprint density at radius 1 is 0.743 bits per heavy atom. The van der Waals surface area contributed by atoms with Gasteiger partial charge >= 0.3 is 0 Å². The van der Waals surface area contributed by atoms with Crippen LogP contribution in [-0.4, -0.2) is 41.1 Å². The van der Waals surface area contributed by atoms with Crippen LogP contribution in [0, 0.1) is 0 Å². The largest absolute Gasteiger partial charge is 0.493 e. The number of pyridine rings is 3. The smallest absolute Gasteiger partial charge is 0.165 e. The van der Waals surface area contributed by atoms with Gasteiger partial charge in [0.15, 0.2) is 11.5 Å². The lowest BCUT2D eigenvalue weighted by atomic mass is 10.2. The molecule has 35 heavy (non-hydrogen) atoms. The van der Waals surface area contributed by atoms with E-state index in [9.17, 15) is 0 Å². The van der Waals surface area contributed by atoms with Crippen LogP contribution in [0.2, 0.25) is 0 Å². The highest BCUT2D eigenvalue weighted by molar-refractivity contribution is 5.81. The molecule has 176 valence electrons. The molecule has 5 rings (SSSR count). The van der Waals surface area contributed by atoms with Crippen molar-refractivity contribution in [1.29, 1.82) is 0 Å². The van der Waals surface area contributed by atoms with E-state index in [2.05, 4.69) is 24.9 Å². The molecule has 5 heterocycles. The summed E-state index contributed by atoms with van der Waals surface area (Å²) in [5.74, 6) is 1.18. The second kappa shape index (κ2) is 10.7. The van der Waals surface area contributed by atoms with Crippen LogP contribution in [0.4, 0.5) is 5.82 Å². The molecule has 0 bridgehead atoms. The zero-order valence-corrected chi connectivity index (χ0v) is 19.3. The fourth-order valence-corrected chi connectivity index (χ4v) is 3.87. The molecule has 0 amide bonds. The van der Waals surface area contributed by atoms with Gasteiger partial charge < -0.3 is 15.0 Å². The minimum atomic E-state index is 0.416. The number of imidazole rings is 1. The molecule has 9 nitrogen and oxygen atoms in total. The van der Waals surface area contributed by atoms with Gasteiger partial charge in [-0.15, -0.1) is 0 Å². The number of ether oxygens (including phenoxy) is 1. The molecule has 0 atom stereocenters. The molecular formula is C26H26N8O. The molecule has 0 fully saturated rings. The van der Waals surface area contributed by atoms with E-state index in [0.29, 0.717) is 17.9 Å². The van der Waals surface area contributed by atoms with Crippen LogP contribution in [-0.2, 0) is 6.54 Å². The minimum absolute atomic E-state index is 0.416. The van der Waals surface area contributed by atoms with E-state index < -0.39 is 0 Å². The van der Waals surface area contributed by atoms with Crippen molar-refractivity contribution in [2.24, 2.45) is 0 Å². The van der Waals surface area contributed by atoms with Crippen molar-refractivity contribution in [3.63, 3.8) is 0 Å². The van der Waals surface area contributed by atoms with Crippen LogP contribution in [0.25, 0.3) is 33.9 Å². The van der Waals surface area contributed by atoms with Crippen molar-refractivity contribution >= 4 is 17.0 Å². The molecule has 0 unspecified atom stereocenters. The SMILES string of the molecule is Nc1ncnc2c1ncn2CCCCCCOc1cc(-c2ccccn2)nc(-c2ccccn2)c1. The quantitative estimate of drug-likeness (QED) is 0.298. The summed E-state index contributed by atoms with van der Waals surface area (Å²) in [5, 5.41) is 0. The maximum Gasteiger partial charge on any atom is 0.165 e. The molecular weight excluding hydrogens is 440 g/mol. The van der Waals surface area contributed by atoms with Crippen LogP contribution in [0.1, 0.15) is 25.7 Å². The van der Waals surface area contributed by atoms with Gasteiger partial charge in [-0.25, -0.2) is 19.9 Å². The second-order valence-corrected chi connectivity index (χ2v) is 8.14. The zero-order valence-electron chi connectivity index (χ0n) is 19.3. The molecule has 0 radical (unpaired) electrons. The number of aromatic nitrogens is 7. The summed E-state index contributed by atoms with van der Waals surface area (Å²) in [4.78, 5) is 26.2. The Morgan fingerprint density at radius 3 is 2.14 bits per heavy atom. The number of fused-ring (bicyclic) bond motifs is 1. The Morgan fingerprint density at radius 2 is 1.46 bits per heavy atom. The van der Waals surface area contributed by atoms with Crippen molar-refractivity contribution in [2.45, 2.75) is 32.2 Å². The van der Waals surface area contributed by atoms with Gasteiger partial charge in [0, 0.05) is 31.1 Å². The average molecular weight is 467 g/mol. The number of rotatable bonds is 10. The first-order valence-corrected chi connectivity index (χ1v) is 11.7. The number of aryl methyl sites for hydroxylation is 1. The van der Waals surface area contributed by atoms with Crippen molar-refractivity contribution in [3.8, 4) is 28.5 Å². The molecule has 0 aliphatic carbocycles. The lowest BCUT2D eigenvalue weighted by Gasteiger charge is -2.11. The third kappa shape index (κ3) is 5.40. The van der Waals surface area contributed by atoms with Gasteiger partial charge in [0.05, 0.1) is 35.7 Å². The van der Waals surface area contributed by atoms with Crippen LogP contribution >= 0.6 is 0 Å². The molecule has 0 spiro atoms. The lowest BCUT2D eigenvalue weighted by Crippen LogP contribution is -2.01. The summed E-state index contributed by atoms with van der Waals surface area (Å²) >= 11 is 0. The number of unbranched alkanes of at least 4 members (excludes halogenated alkanes) is 3. The average Bonchev–Trinajstić information content (AvgIpc) is 3.33. The fraction of sp³-hybridized carbons (Fsp3) is 0.231. The van der Waals surface area contributed by atoms with Gasteiger partial charge in [0.25, 0.3) is 0 Å². The number of nitrogens with zero attached hydrogens (tertiary/aromatic N) is 7. The third-order valence-corrected chi connectivity index (χ3v) is 5.65. The number of hydrogen-bond donors (Lipinski definition) is 1. The first-order valence-electron chi connectivity index (χ1n) is 11.7. The highest BCUT2D eigenvalue weighted by atomic mass is 16.5. The van der Waals surface area contributed by atoms with Crippen LogP contribution in [0.15, 0.2) is 73.6 Å². The molecule has 5 aromatic rings. The molecule has 9 heteroatoms. The second-order valence-electron chi connectivity index (χ2n) is 8.14. The van der Waals surface area contributed by atoms with Gasteiger partial charge in [-0.1, -0.05) is 25.0 Å². The molecule has 0 aromatic carbocycles. The third-order valence-electron chi connectivity index (χ3n) is 5.65. The first kappa shape index (κ1) is 22.4. The maximum absolute atomic E-state index is 6.11. The monoisotopic (exact) mass is 466 g/mol. The Kier molecular flexibility index (Phi) is 6.84. The summed E-state index contributed by atoms with van der Waals surface area (Å²) in [6.45, 7) is 1.48. The summed E-state index contributed by atoms with van der Waals surface area (Å²) in [6, 6.07) is 15.4. The van der Waals surface area contributed by atoms with Crippen LogP contribution in [0.3, 0.4) is 0 Å². The summed E-state index contributed by atoms with van der Waals surface area (Å²) < 4.78 is 8.14. The summed E-state index contributed by atoms with van der Waals surface area (Å²) in [5.41, 5.74) is 10.4. The first-order chi connectivity index (χ1) is 17.3. The van der Waals surface area contributed by atoms with E-state index in [4.69, 9.17) is 15.5 Å². The number of anilines is 1. The number of nitrogen functional groups attached to an aromatic ring is 1. The van der Waals surface area contributed by atoms with Gasteiger partial charge in [-0.05, 0) is 37.1 Å². The van der Waals surface area contributed by atoms with E-state index in [-0.39, 0.29) is 0 Å². The minimum Gasteiger partial charge on any atom is -0.493 e. The van der Waals surface area contributed by atoms with E-state index in [0.717, 1.165) is 66.4 Å². The highest BCUT2D eigenvalue weighted by Crippen LogP contribution is 2.26. The highest BCUT2D eigenvalue weighted by Gasteiger charge is 2.10. The van der Waals surface area contributed by atoms with E-state index in [1.165, 1.54) is 6.33 Å². The Hall–Kier alpha value is -4.40. The van der Waals surface area contributed by atoms with Crippen molar-refractivity contribution in [3.05, 3.63) is 73.6 Å². The standard InChI is InChI=1S/C26H26N8O/c27-25-24-26(31-17-30-25)34(18-32-24)13-7-1-2-8-14-35-19-15-22(20-9-3-5-11-28-20)33-23(16-19)21-10-4-6-12-29-21/h3-6,9-12,15-18H,1-2,7-8,13-14H2,(H2,27,30,31). The topological polar surface area (TPSA) is 118 Å². The maximum atomic E-state index is 6.11. The summed E-state index contributed by atoms with van der Waals surface area (Å²) in [6.07, 6.45) is 10.9. The molecule has 2 N–H and O–H groups in total. The molecule has 0 aliphatic heterocycles. The normalized spacial score (nSPS) is 11.1. The summed E-state index contributed by atoms with van der Waals surface area (Å²) in [7, 11) is 0. The van der Waals surface area contributed by atoms with Crippen molar-refractivity contribution in [1.82, 2.24) is 34.5 Å². The van der Waals surface area contributed by atoms with Gasteiger partial charge in [0.2, 0.25) is 0 Å². The predicted molar refractivity (Wildman–Crippen MR) is 134 cm³/mol. The van der Waals surface area contributed by atoms with Crippen molar-refractivity contribution in [2.75, 3.05) is 12.3 Å². The molecule has 0 aliphatic rings.